The number of hydrogen-bond donors (Lipinski definition) is 0. The third-order valence-corrected chi connectivity index (χ3v) is 5.03. The Morgan fingerprint density at radius 3 is 2.36 bits per heavy atom. The van der Waals surface area contributed by atoms with Crippen LogP contribution in [0.1, 0.15) is 32.9 Å². The van der Waals surface area contributed by atoms with Crippen molar-refractivity contribution in [3.63, 3.8) is 0 Å². The molecule has 128 valence electrons. The molecule has 3 aromatic rings. The molecular formula is C20H22N4O. The second-order valence-corrected chi connectivity index (χ2v) is 6.78. The molecule has 5 nitrogen and oxygen atoms in total. The van der Waals surface area contributed by atoms with Crippen LogP contribution in [-0.2, 0) is 19.9 Å². The summed E-state index contributed by atoms with van der Waals surface area (Å²) in [5, 5.41) is 5.33. The lowest BCUT2D eigenvalue weighted by atomic mass is 10.0. The fourth-order valence-electron chi connectivity index (χ4n) is 3.78. The van der Waals surface area contributed by atoms with Gasteiger partial charge in [-0.1, -0.05) is 24.3 Å². The average Bonchev–Trinajstić information content (AvgIpc) is 2.78. The van der Waals surface area contributed by atoms with Crippen molar-refractivity contribution in [2.75, 3.05) is 13.1 Å². The van der Waals surface area contributed by atoms with Crippen molar-refractivity contribution in [1.82, 2.24) is 19.7 Å². The first-order chi connectivity index (χ1) is 12.0. The Labute approximate surface area is 147 Å². The number of pyridine rings is 1. The summed E-state index contributed by atoms with van der Waals surface area (Å²) in [4.78, 5) is 19.8. The molecule has 2 aromatic heterocycles. The maximum absolute atomic E-state index is 13.3. The number of aryl methyl sites for hydroxylation is 3. The number of carbonyl (C=O) groups excluding carboxylic acids is 1. The van der Waals surface area contributed by atoms with E-state index in [-0.39, 0.29) is 5.91 Å². The predicted octanol–water partition coefficient (Wildman–Crippen LogP) is 2.83. The summed E-state index contributed by atoms with van der Waals surface area (Å²) < 4.78 is 1.76. The minimum Gasteiger partial charge on any atom is -0.338 e. The van der Waals surface area contributed by atoms with Crippen molar-refractivity contribution in [2.24, 2.45) is 7.05 Å². The fourth-order valence-corrected chi connectivity index (χ4v) is 3.78. The number of fused-ring (bicyclic) bond motifs is 2. The van der Waals surface area contributed by atoms with E-state index in [0.717, 1.165) is 53.9 Å². The summed E-state index contributed by atoms with van der Waals surface area (Å²) in [6.07, 6.45) is 1.81. The van der Waals surface area contributed by atoms with Gasteiger partial charge in [-0.25, -0.2) is 4.98 Å². The van der Waals surface area contributed by atoms with Crippen molar-refractivity contribution < 1.29 is 4.79 Å². The van der Waals surface area contributed by atoms with Crippen LogP contribution in [0, 0.1) is 13.8 Å². The molecule has 0 spiro atoms. The normalized spacial score (nSPS) is 14.4. The van der Waals surface area contributed by atoms with Gasteiger partial charge < -0.3 is 4.90 Å². The monoisotopic (exact) mass is 334 g/mol. The molecule has 0 fully saturated rings. The van der Waals surface area contributed by atoms with Gasteiger partial charge in [0, 0.05) is 25.8 Å². The van der Waals surface area contributed by atoms with E-state index in [0.29, 0.717) is 0 Å². The maximum atomic E-state index is 13.3. The molecule has 0 unspecified atom stereocenters. The number of hydrogen-bond acceptors (Lipinski definition) is 3. The standard InChI is InChI=1S/C20H22N4O/c1-13-12-17(18-14(2)22-23(3)19(18)21-13)20(25)24-10-8-15-6-4-5-7-16(15)9-11-24/h4-7,12H,8-11H2,1-3H3. The van der Waals surface area contributed by atoms with E-state index in [4.69, 9.17) is 0 Å². The first kappa shape index (κ1) is 15.8. The van der Waals surface area contributed by atoms with Crippen molar-refractivity contribution in [3.8, 4) is 0 Å². The van der Waals surface area contributed by atoms with E-state index >= 15 is 0 Å². The summed E-state index contributed by atoms with van der Waals surface area (Å²) in [6.45, 7) is 5.36. The van der Waals surface area contributed by atoms with Crippen LogP contribution in [0.5, 0.6) is 0 Å². The van der Waals surface area contributed by atoms with Gasteiger partial charge in [-0.2, -0.15) is 5.10 Å². The Kier molecular flexibility index (Phi) is 3.79. The van der Waals surface area contributed by atoms with Gasteiger partial charge in [0.15, 0.2) is 5.65 Å². The van der Waals surface area contributed by atoms with Gasteiger partial charge in [-0.05, 0) is 43.9 Å². The summed E-state index contributed by atoms with van der Waals surface area (Å²) in [5.41, 5.74) is 5.90. The molecule has 0 N–H and O–H groups in total. The van der Waals surface area contributed by atoms with Crippen molar-refractivity contribution in [1.29, 1.82) is 0 Å². The summed E-state index contributed by atoms with van der Waals surface area (Å²) in [7, 11) is 1.87. The van der Waals surface area contributed by atoms with Crippen molar-refractivity contribution in [3.05, 3.63) is 58.4 Å². The maximum Gasteiger partial charge on any atom is 0.254 e. The van der Waals surface area contributed by atoms with Crippen molar-refractivity contribution in [2.45, 2.75) is 26.7 Å². The molecule has 0 bridgehead atoms. The third kappa shape index (κ3) is 2.69. The van der Waals surface area contributed by atoms with Crippen LogP contribution in [-0.4, -0.2) is 38.7 Å². The van der Waals surface area contributed by atoms with Gasteiger partial charge in [0.1, 0.15) is 0 Å². The quantitative estimate of drug-likeness (QED) is 0.687. The zero-order valence-corrected chi connectivity index (χ0v) is 14.9. The molecule has 0 radical (unpaired) electrons. The predicted molar refractivity (Wildman–Crippen MR) is 97.7 cm³/mol. The van der Waals surface area contributed by atoms with E-state index in [2.05, 4.69) is 34.3 Å². The van der Waals surface area contributed by atoms with E-state index in [1.165, 1.54) is 11.1 Å². The van der Waals surface area contributed by atoms with E-state index in [1.807, 2.05) is 31.9 Å². The van der Waals surface area contributed by atoms with Gasteiger partial charge in [0.2, 0.25) is 0 Å². The highest BCUT2D eigenvalue weighted by Gasteiger charge is 2.24. The smallest absolute Gasteiger partial charge is 0.254 e. The van der Waals surface area contributed by atoms with Crippen LogP contribution >= 0.6 is 0 Å². The van der Waals surface area contributed by atoms with Crippen LogP contribution in [0.2, 0.25) is 0 Å². The molecule has 1 amide bonds. The topological polar surface area (TPSA) is 51.0 Å². The van der Waals surface area contributed by atoms with Gasteiger partial charge in [-0.15, -0.1) is 0 Å². The second kappa shape index (κ2) is 5.99. The minimum absolute atomic E-state index is 0.0828. The van der Waals surface area contributed by atoms with Crippen molar-refractivity contribution >= 4 is 16.9 Å². The van der Waals surface area contributed by atoms with Gasteiger partial charge in [0.05, 0.1) is 16.6 Å². The minimum atomic E-state index is 0.0828. The first-order valence-electron chi connectivity index (χ1n) is 8.71. The lowest BCUT2D eigenvalue weighted by Gasteiger charge is -2.21. The Bertz CT molecular complexity index is 946. The molecule has 1 aromatic carbocycles. The molecule has 4 rings (SSSR count). The van der Waals surface area contributed by atoms with E-state index in [9.17, 15) is 4.79 Å². The number of amides is 1. The lowest BCUT2D eigenvalue weighted by molar-refractivity contribution is 0.0765. The van der Waals surface area contributed by atoms with Crippen LogP contribution in [0.3, 0.4) is 0 Å². The third-order valence-electron chi connectivity index (χ3n) is 5.03. The highest BCUT2D eigenvalue weighted by molar-refractivity contribution is 6.06. The fraction of sp³-hybridized carbons (Fsp3) is 0.350. The molecule has 0 atom stereocenters. The number of carbonyl (C=O) groups is 1. The largest absolute Gasteiger partial charge is 0.338 e. The van der Waals surface area contributed by atoms with Gasteiger partial charge in [-0.3, -0.25) is 9.48 Å². The summed E-state index contributed by atoms with van der Waals surface area (Å²) in [6, 6.07) is 10.4. The summed E-state index contributed by atoms with van der Waals surface area (Å²) in [5.74, 6) is 0.0828. The van der Waals surface area contributed by atoms with Crippen LogP contribution in [0.25, 0.3) is 11.0 Å². The zero-order valence-electron chi connectivity index (χ0n) is 14.9. The molecule has 0 saturated heterocycles. The summed E-state index contributed by atoms with van der Waals surface area (Å²) >= 11 is 0. The Morgan fingerprint density at radius 1 is 1.08 bits per heavy atom. The number of benzene rings is 1. The molecule has 25 heavy (non-hydrogen) atoms. The highest BCUT2D eigenvalue weighted by atomic mass is 16.2. The average molecular weight is 334 g/mol. The van der Waals surface area contributed by atoms with Crippen LogP contribution in [0.15, 0.2) is 30.3 Å². The Balaban J connectivity index is 1.71. The molecule has 1 aliphatic heterocycles. The van der Waals surface area contributed by atoms with E-state index in [1.54, 1.807) is 4.68 Å². The number of aromatic nitrogens is 3. The van der Waals surface area contributed by atoms with Crippen LogP contribution in [0.4, 0.5) is 0 Å². The molecule has 5 heteroatoms. The lowest BCUT2D eigenvalue weighted by Crippen LogP contribution is -2.33. The second-order valence-electron chi connectivity index (χ2n) is 6.78. The molecule has 0 aliphatic carbocycles. The van der Waals surface area contributed by atoms with Gasteiger partial charge in [0.25, 0.3) is 5.91 Å². The Morgan fingerprint density at radius 2 is 1.72 bits per heavy atom. The number of rotatable bonds is 1. The SMILES string of the molecule is Cc1cc(C(=O)N2CCc3ccccc3CC2)c2c(C)nn(C)c2n1. The zero-order chi connectivity index (χ0) is 17.6. The number of nitrogens with zero attached hydrogens (tertiary/aromatic N) is 4. The molecule has 0 saturated carbocycles. The van der Waals surface area contributed by atoms with Crippen LogP contribution < -0.4 is 0 Å². The Hall–Kier alpha value is -2.69. The van der Waals surface area contributed by atoms with Gasteiger partial charge >= 0.3 is 0 Å². The van der Waals surface area contributed by atoms with E-state index < -0.39 is 0 Å². The molecule has 1 aliphatic rings. The first-order valence-corrected chi connectivity index (χ1v) is 8.71. The molecular weight excluding hydrogens is 312 g/mol. The molecule has 3 heterocycles. The highest BCUT2D eigenvalue weighted by Crippen LogP contribution is 2.24.